The number of hydrogen-bond acceptors (Lipinski definition) is 1. The molecular weight excluding hydrogens is 287 g/mol. The third kappa shape index (κ3) is 2.59. The van der Waals surface area contributed by atoms with Crippen LogP contribution in [0.3, 0.4) is 0 Å². The lowest BCUT2D eigenvalue weighted by atomic mass is 9.49. The van der Waals surface area contributed by atoms with Gasteiger partial charge in [0.25, 0.3) is 0 Å². The van der Waals surface area contributed by atoms with E-state index in [0.29, 0.717) is 17.1 Å². The molecule has 0 saturated heterocycles. The van der Waals surface area contributed by atoms with Crippen molar-refractivity contribution >= 4 is 5.78 Å². The molecule has 7 atom stereocenters. The van der Waals surface area contributed by atoms with Crippen molar-refractivity contribution in [1.82, 2.24) is 0 Å². The molecule has 0 aliphatic heterocycles. The number of alkyl halides is 1. The number of halogens is 1. The number of fused-ring (bicyclic) bond motifs is 5. The average molecular weight is 320 g/mol. The third-order valence-electron chi connectivity index (χ3n) is 8.65. The van der Waals surface area contributed by atoms with Crippen LogP contribution in [0.2, 0.25) is 0 Å². The Morgan fingerprint density at radius 2 is 1.91 bits per heavy atom. The zero-order valence-corrected chi connectivity index (χ0v) is 14.7. The van der Waals surface area contributed by atoms with Crippen molar-refractivity contribution in [2.75, 3.05) is 6.67 Å². The van der Waals surface area contributed by atoms with Gasteiger partial charge in [-0.3, -0.25) is 9.18 Å². The molecule has 0 radical (unpaired) electrons. The maximum Gasteiger partial charge on any atom is 0.133 e. The molecule has 4 unspecified atom stereocenters. The first-order valence-electron chi connectivity index (χ1n) is 10.2. The van der Waals surface area contributed by atoms with Gasteiger partial charge in [0.05, 0.1) is 6.67 Å². The maximum atomic E-state index is 12.7. The van der Waals surface area contributed by atoms with Crippen LogP contribution in [0, 0.1) is 40.9 Å². The van der Waals surface area contributed by atoms with Crippen LogP contribution in [0.5, 0.6) is 0 Å². The Labute approximate surface area is 140 Å². The van der Waals surface area contributed by atoms with E-state index in [1.54, 1.807) is 0 Å². The summed E-state index contributed by atoms with van der Waals surface area (Å²) in [5, 5.41) is 0. The van der Waals surface area contributed by atoms with Crippen LogP contribution in [-0.4, -0.2) is 12.5 Å². The molecule has 23 heavy (non-hydrogen) atoms. The molecule has 0 aromatic carbocycles. The minimum absolute atomic E-state index is 0.138. The van der Waals surface area contributed by atoms with Gasteiger partial charge < -0.3 is 0 Å². The van der Waals surface area contributed by atoms with E-state index < -0.39 is 0 Å². The molecule has 1 nitrogen and oxygen atoms in total. The van der Waals surface area contributed by atoms with Crippen molar-refractivity contribution in [2.45, 2.75) is 77.6 Å². The van der Waals surface area contributed by atoms with Crippen LogP contribution >= 0.6 is 0 Å². The molecule has 0 bridgehead atoms. The van der Waals surface area contributed by atoms with Gasteiger partial charge in [0.2, 0.25) is 0 Å². The lowest BCUT2D eigenvalue weighted by molar-refractivity contribution is -0.127. The summed E-state index contributed by atoms with van der Waals surface area (Å²) in [4.78, 5) is 11.8. The molecule has 0 spiro atoms. The van der Waals surface area contributed by atoms with E-state index in [-0.39, 0.29) is 6.67 Å². The van der Waals surface area contributed by atoms with Gasteiger partial charge >= 0.3 is 0 Å². The minimum Gasteiger partial charge on any atom is -0.300 e. The highest BCUT2D eigenvalue weighted by atomic mass is 19.1. The summed E-state index contributed by atoms with van der Waals surface area (Å²) in [5.74, 6) is 5.57. The van der Waals surface area contributed by atoms with Crippen LogP contribution in [0.1, 0.15) is 77.6 Å². The SMILES string of the molecule is C[C@]12CCC3[C@@H](CCC4CC(=O)CC[C@@H]43)C1CCC2CCCF. The van der Waals surface area contributed by atoms with Crippen molar-refractivity contribution in [3.8, 4) is 0 Å². The van der Waals surface area contributed by atoms with Crippen molar-refractivity contribution in [1.29, 1.82) is 0 Å². The smallest absolute Gasteiger partial charge is 0.133 e. The molecule has 0 N–H and O–H groups in total. The molecule has 4 fully saturated rings. The Morgan fingerprint density at radius 3 is 2.74 bits per heavy atom. The normalized spacial score (nSPS) is 49.4. The lowest BCUT2D eigenvalue weighted by Gasteiger charge is -2.55. The first kappa shape index (κ1) is 16.1. The summed E-state index contributed by atoms with van der Waals surface area (Å²) in [7, 11) is 0. The van der Waals surface area contributed by atoms with Crippen molar-refractivity contribution < 1.29 is 9.18 Å². The number of carbonyl (C=O) groups excluding carboxylic acids is 1. The van der Waals surface area contributed by atoms with Gasteiger partial charge in [-0.2, -0.15) is 0 Å². The van der Waals surface area contributed by atoms with Crippen LogP contribution in [0.4, 0.5) is 4.39 Å². The zero-order chi connectivity index (χ0) is 16.0. The van der Waals surface area contributed by atoms with Gasteiger partial charge in [-0.1, -0.05) is 6.92 Å². The number of ketones is 1. The van der Waals surface area contributed by atoms with Gasteiger partial charge in [0.15, 0.2) is 0 Å². The molecule has 4 rings (SSSR count). The van der Waals surface area contributed by atoms with E-state index in [0.717, 1.165) is 55.3 Å². The Balaban J connectivity index is 1.50. The highest BCUT2D eigenvalue weighted by Crippen LogP contribution is 2.64. The Morgan fingerprint density at radius 1 is 1.04 bits per heavy atom. The second kappa shape index (κ2) is 6.15. The van der Waals surface area contributed by atoms with Crippen LogP contribution in [-0.2, 0) is 4.79 Å². The minimum atomic E-state index is -0.138. The standard InChI is InChI=1S/C21H33FO/c1-21-11-10-18-17-8-6-16(23)13-14(17)4-7-19(18)20(21)9-5-15(21)3-2-12-22/h14-15,17-20H,2-13H2,1H3/t14?,15?,17-,18?,19+,20?,21+/m0/s1. The number of Topliss-reactive ketones (excluding diaryl/α,β-unsaturated/α-hetero) is 1. The first-order valence-corrected chi connectivity index (χ1v) is 10.2. The number of rotatable bonds is 3. The Hall–Kier alpha value is -0.400. The monoisotopic (exact) mass is 320 g/mol. The van der Waals surface area contributed by atoms with Gasteiger partial charge in [-0.25, -0.2) is 0 Å². The highest BCUT2D eigenvalue weighted by molar-refractivity contribution is 5.79. The van der Waals surface area contributed by atoms with E-state index in [1.165, 1.54) is 44.9 Å². The average Bonchev–Trinajstić information content (AvgIpc) is 2.89. The van der Waals surface area contributed by atoms with E-state index in [9.17, 15) is 9.18 Å². The van der Waals surface area contributed by atoms with Crippen LogP contribution in [0.15, 0.2) is 0 Å². The van der Waals surface area contributed by atoms with E-state index in [2.05, 4.69) is 6.92 Å². The Kier molecular flexibility index (Phi) is 4.30. The fourth-order valence-electron chi connectivity index (χ4n) is 7.57. The van der Waals surface area contributed by atoms with Crippen LogP contribution < -0.4 is 0 Å². The molecule has 2 heteroatoms. The molecule has 4 aliphatic rings. The lowest BCUT2D eigenvalue weighted by Crippen LogP contribution is -2.48. The second-order valence-electron chi connectivity index (χ2n) is 9.37. The number of carbonyl (C=O) groups is 1. The maximum absolute atomic E-state index is 12.7. The van der Waals surface area contributed by atoms with E-state index in [1.807, 2.05) is 0 Å². The summed E-state index contributed by atoms with van der Waals surface area (Å²) >= 11 is 0. The largest absolute Gasteiger partial charge is 0.300 e. The topological polar surface area (TPSA) is 17.1 Å². The molecule has 4 saturated carbocycles. The van der Waals surface area contributed by atoms with Gasteiger partial charge in [0.1, 0.15) is 5.78 Å². The zero-order valence-electron chi connectivity index (χ0n) is 14.7. The number of hydrogen-bond donors (Lipinski definition) is 0. The Bertz CT molecular complexity index is 461. The summed E-state index contributed by atoms with van der Waals surface area (Å²) in [6.45, 7) is 2.40. The van der Waals surface area contributed by atoms with E-state index >= 15 is 0 Å². The quantitative estimate of drug-likeness (QED) is 0.664. The molecule has 4 aliphatic carbocycles. The van der Waals surface area contributed by atoms with Gasteiger partial charge in [0, 0.05) is 12.8 Å². The van der Waals surface area contributed by atoms with Gasteiger partial charge in [-0.15, -0.1) is 0 Å². The summed E-state index contributed by atoms with van der Waals surface area (Å²) in [5.41, 5.74) is 0.494. The molecule has 0 aromatic rings. The van der Waals surface area contributed by atoms with Crippen molar-refractivity contribution in [3.05, 3.63) is 0 Å². The van der Waals surface area contributed by atoms with Crippen molar-refractivity contribution in [3.63, 3.8) is 0 Å². The fourth-order valence-corrected chi connectivity index (χ4v) is 7.57. The van der Waals surface area contributed by atoms with Gasteiger partial charge in [-0.05, 0) is 98.7 Å². The first-order chi connectivity index (χ1) is 11.1. The summed E-state index contributed by atoms with van der Waals surface area (Å²) in [6.07, 6.45) is 13.0. The molecule has 130 valence electrons. The van der Waals surface area contributed by atoms with Crippen LogP contribution in [0.25, 0.3) is 0 Å². The fraction of sp³-hybridized carbons (Fsp3) is 0.952. The highest BCUT2D eigenvalue weighted by Gasteiger charge is 2.56. The molecule has 0 amide bonds. The molecule has 0 aromatic heterocycles. The predicted molar refractivity (Wildman–Crippen MR) is 90.8 cm³/mol. The summed E-state index contributed by atoms with van der Waals surface area (Å²) < 4.78 is 12.7. The molecule has 0 heterocycles. The summed E-state index contributed by atoms with van der Waals surface area (Å²) in [6, 6.07) is 0. The molecular formula is C21H33FO. The van der Waals surface area contributed by atoms with E-state index in [4.69, 9.17) is 0 Å². The predicted octanol–water partition coefficient (Wildman–Crippen LogP) is 5.57. The van der Waals surface area contributed by atoms with Crippen molar-refractivity contribution in [2.24, 2.45) is 40.9 Å². The second-order valence-corrected chi connectivity index (χ2v) is 9.37. The third-order valence-corrected chi connectivity index (χ3v) is 8.65.